The molecule has 0 aromatic carbocycles. The van der Waals surface area contributed by atoms with Crippen molar-refractivity contribution in [1.29, 1.82) is 0 Å². The lowest BCUT2D eigenvalue weighted by molar-refractivity contribution is -0.138. The Balaban J connectivity index is 4.90. The van der Waals surface area contributed by atoms with Crippen molar-refractivity contribution in [3.63, 3.8) is 0 Å². The van der Waals surface area contributed by atoms with Gasteiger partial charge in [-0.2, -0.15) is 0 Å². The van der Waals surface area contributed by atoms with Crippen molar-refractivity contribution in [3.05, 3.63) is 0 Å². The van der Waals surface area contributed by atoms with Crippen molar-refractivity contribution in [1.82, 2.24) is 4.81 Å². The van der Waals surface area contributed by atoms with E-state index in [0.29, 0.717) is 0 Å². The highest BCUT2D eigenvalue weighted by atomic mass is 16.4. The monoisotopic (exact) mass is 219 g/mol. The molecular weight excluding hydrogens is 196 g/mol. The van der Waals surface area contributed by atoms with Gasteiger partial charge in [0, 0.05) is 10.8 Å². The smallest absolute Gasteiger partial charge is 0.292 e. The lowest BCUT2D eigenvalue weighted by atomic mass is 9.29. The molecule has 0 atom stereocenters. The van der Waals surface area contributed by atoms with E-state index in [2.05, 4.69) is 25.6 Å². The normalized spacial score (nSPS) is 14.0. The van der Waals surface area contributed by atoms with Crippen LogP contribution in [-0.2, 0) is 4.79 Å². The van der Waals surface area contributed by atoms with Gasteiger partial charge < -0.3 is 9.92 Å². The summed E-state index contributed by atoms with van der Waals surface area (Å²) in [5.74, 6) is -0.736. The molecule has 0 aromatic heterocycles. The van der Waals surface area contributed by atoms with Gasteiger partial charge in [-0.3, -0.25) is 4.79 Å². The van der Waals surface area contributed by atoms with Gasteiger partial charge in [0.1, 0.15) is 31.4 Å². The summed E-state index contributed by atoms with van der Waals surface area (Å²) in [4.78, 5) is 13.5. The van der Waals surface area contributed by atoms with E-state index in [1.165, 1.54) is 0 Å². The largest absolute Gasteiger partial charge is 0.482 e. The highest BCUT2D eigenvalue weighted by Crippen LogP contribution is 2.42. The fourth-order valence-electron chi connectivity index (χ4n) is 1.32. The molecule has 0 aliphatic rings. The molecule has 0 aliphatic carbocycles. The van der Waals surface area contributed by atoms with E-state index >= 15 is 0 Å². The summed E-state index contributed by atoms with van der Waals surface area (Å²) in [6.07, 6.45) is 0. The summed E-state index contributed by atoms with van der Waals surface area (Å²) < 4.78 is 0. The summed E-state index contributed by atoms with van der Waals surface area (Å²) in [6, 6.07) is 0. The zero-order valence-corrected chi connectivity index (χ0v) is 12.0. The first kappa shape index (κ1) is 15.8. The van der Waals surface area contributed by atoms with Gasteiger partial charge in [-0.1, -0.05) is 5.21 Å². The van der Waals surface area contributed by atoms with Crippen LogP contribution < -0.4 is 0 Å². The molecule has 0 heterocycles. The first-order valence-electron chi connectivity index (χ1n) is 5.77. The highest BCUT2D eigenvalue weighted by molar-refractivity contribution is 6.60. The van der Waals surface area contributed by atoms with Gasteiger partial charge in [0.25, 0.3) is 5.97 Å². The molecular formula is C8H22B5NO2. The van der Waals surface area contributed by atoms with Crippen molar-refractivity contribution in [2.75, 3.05) is 6.54 Å². The van der Waals surface area contributed by atoms with Gasteiger partial charge in [-0.05, 0) is 27.3 Å². The Hall–Kier alpha value is -0.245. The zero-order valence-electron chi connectivity index (χ0n) is 12.0. The van der Waals surface area contributed by atoms with Crippen molar-refractivity contribution in [2.45, 2.75) is 36.7 Å². The number of carbonyl (C=O) groups is 1. The van der Waals surface area contributed by atoms with Crippen LogP contribution >= 0.6 is 0 Å². The summed E-state index contributed by atoms with van der Waals surface area (Å²) >= 11 is 0. The first-order chi connectivity index (χ1) is 6.82. The van der Waals surface area contributed by atoms with Crippen molar-refractivity contribution in [3.8, 4) is 0 Å². The Bertz CT molecular complexity index is 274. The molecule has 0 unspecified atom stereocenters. The Morgan fingerprint density at radius 2 is 1.56 bits per heavy atom. The SMILES string of the molecule is BN(CC(B)(B)C(B)(B)C(=O)O)C(C)(C)C. The molecule has 0 rings (SSSR count). The summed E-state index contributed by atoms with van der Waals surface area (Å²) in [6.45, 7) is 7.17. The third-order valence-corrected chi connectivity index (χ3v) is 4.00. The minimum atomic E-state index is -0.736. The Kier molecular flexibility index (Phi) is 4.49. The lowest BCUT2D eigenvalue weighted by Gasteiger charge is -2.45. The lowest BCUT2D eigenvalue weighted by Crippen LogP contribution is -2.50. The van der Waals surface area contributed by atoms with Crippen LogP contribution in [0.4, 0.5) is 0 Å². The average molecular weight is 218 g/mol. The van der Waals surface area contributed by atoms with Gasteiger partial charge in [-0.15, -0.1) is 0 Å². The molecule has 0 radical (unpaired) electrons. The number of aliphatic carboxylic acids is 1. The average Bonchev–Trinajstić information content (AvgIpc) is 2.00. The number of carboxylic acid groups (broad SMARTS) is 1. The van der Waals surface area contributed by atoms with Crippen molar-refractivity contribution < 1.29 is 9.90 Å². The van der Waals surface area contributed by atoms with Crippen LogP contribution in [-0.4, -0.2) is 67.3 Å². The van der Waals surface area contributed by atoms with Crippen LogP contribution in [0.25, 0.3) is 0 Å². The minimum Gasteiger partial charge on any atom is -0.482 e. The van der Waals surface area contributed by atoms with Gasteiger partial charge in [-0.25, -0.2) is 0 Å². The maximum Gasteiger partial charge on any atom is 0.292 e. The maximum atomic E-state index is 11.3. The van der Waals surface area contributed by atoms with Crippen LogP contribution in [0.15, 0.2) is 0 Å². The fraction of sp³-hybridized carbons (Fsp3) is 0.875. The Labute approximate surface area is 104 Å². The van der Waals surface area contributed by atoms with Crippen molar-refractivity contribution in [2.24, 2.45) is 0 Å². The highest BCUT2D eigenvalue weighted by Gasteiger charge is 2.43. The maximum absolute atomic E-state index is 11.3. The molecule has 0 spiro atoms. The van der Waals surface area contributed by atoms with Crippen LogP contribution in [0.1, 0.15) is 20.8 Å². The molecule has 0 aromatic rings. The number of hydrogen-bond acceptors (Lipinski definition) is 2. The molecule has 86 valence electrons. The predicted octanol–water partition coefficient (Wildman–Crippen LogP) is -3.52. The molecule has 0 saturated carbocycles. The molecule has 3 nitrogen and oxygen atoms in total. The zero-order chi connectivity index (χ0) is 13.4. The number of nitrogens with zero attached hydrogens (tertiary/aromatic N) is 1. The van der Waals surface area contributed by atoms with E-state index in [4.69, 9.17) is 0 Å². The second-order valence-electron chi connectivity index (χ2n) is 6.84. The topological polar surface area (TPSA) is 40.5 Å². The van der Waals surface area contributed by atoms with Crippen LogP contribution in [0.5, 0.6) is 0 Å². The van der Waals surface area contributed by atoms with Gasteiger partial charge in [0.2, 0.25) is 0 Å². The molecule has 0 fully saturated rings. The number of hydrogen-bond donors (Lipinski definition) is 1. The third-order valence-electron chi connectivity index (χ3n) is 4.00. The van der Waals surface area contributed by atoms with E-state index in [9.17, 15) is 9.90 Å². The molecule has 0 bridgehead atoms. The first-order valence-corrected chi connectivity index (χ1v) is 5.77. The summed E-state index contributed by atoms with van der Waals surface area (Å²) in [5.41, 5.74) is 0.0614. The van der Waals surface area contributed by atoms with E-state index < -0.39 is 11.2 Å². The molecule has 0 amide bonds. The van der Waals surface area contributed by atoms with Crippen LogP contribution in [0.2, 0.25) is 10.4 Å². The third kappa shape index (κ3) is 3.37. The quantitative estimate of drug-likeness (QED) is 0.498. The molecule has 16 heavy (non-hydrogen) atoms. The van der Waals surface area contributed by atoms with Gasteiger partial charge >= 0.3 is 0 Å². The van der Waals surface area contributed by atoms with Crippen LogP contribution in [0, 0.1) is 0 Å². The molecule has 8 heteroatoms. The molecule has 0 saturated heterocycles. The summed E-state index contributed by atoms with van der Waals surface area (Å²) in [5, 5.41) is 8.27. The van der Waals surface area contributed by atoms with E-state index in [-0.39, 0.29) is 10.8 Å². The second-order valence-corrected chi connectivity index (χ2v) is 6.84. The summed E-state index contributed by atoms with van der Waals surface area (Å²) in [7, 11) is 9.67. The van der Waals surface area contributed by atoms with Gasteiger partial charge in [0.15, 0.2) is 7.98 Å². The fourth-order valence-corrected chi connectivity index (χ4v) is 1.32. The second kappa shape index (κ2) is 4.56. The molecule has 0 aliphatic heterocycles. The predicted molar refractivity (Wildman–Crippen MR) is 82.2 cm³/mol. The van der Waals surface area contributed by atoms with Crippen LogP contribution in [0.3, 0.4) is 0 Å². The van der Waals surface area contributed by atoms with E-state index in [0.717, 1.165) is 6.54 Å². The van der Waals surface area contributed by atoms with Crippen molar-refractivity contribution >= 4 is 45.3 Å². The standard InChI is InChI=1S/C8H22B5NO2/c1-6(2,3)14(13)4-7(9,10)8(11,12)5(15)16/h4,9-13H2,1-3H3,(H,15,16). The Morgan fingerprint density at radius 3 is 1.81 bits per heavy atom. The number of carboxylic acids is 1. The number of rotatable bonds is 4. The minimum absolute atomic E-state index is 0.0614. The molecule has 1 N–H and O–H groups in total. The Morgan fingerprint density at radius 1 is 1.19 bits per heavy atom. The van der Waals surface area contributed by atoms with E-state index in [1.807, 2.05) is 23.7 Å². The van der Waals surface area contributed by atoms with E-state index in [1.54, 1.807) is 15.7 Å². The van der Waals surface area contributed by atoms with Gasteiger partial charge in [0.05, 0.1) is 0 Å².